The third-order valence-electron chi connectivity index (χ3n) is 12.3. The molecule has 0 aromatic heterocycles. The second kappa shape index (κ2) is 18.9. The molecule has 0 aliphatic carbocycles. The Bertz CT molecular complexity index is 1830. The van der Waals surface area contributed by atoms with Gasteiger partial charge in [-0.25, -0.2) is 9.59 Å². The lowest BCUT2D eigenvalue weighted by Crippen LogP contribution is -2.53. The van der Waals surface area contributed by atoms with Crippen LogP contribution in [-0.4, -0.2) is 151 Å². The summed E-state index contributed by atoms with van der Waals surface area (Å²) < 4.78 is 58.8. The van der Waals surface area contributed by atoms with Gasteiger partial charge >= 0.3 is 24.3 Å². The van der Waals surface area contributed by atoms with Gasteiger partial charge in [0.15, 0.2) is 6.10 Å². The molecule has 5 aliphatic rings. The average molecular weight is 848 g/mol. The van der Waals surface area contributed by atoms with E-state index >= 15 is 0 Å². The molecule has 5 aliphatic heterocycles. The molecule has 4 fully saturated rings. The summed E-state index contributed by atoms with van der Waals surface area (Å²) >= 11 is 6.15. The molecule has 18 heteroatoms. The van der Waals surface area contributed by atoms with E-state index in [2.05, 4.69) is 15.1 Å². The van der Waals surface area contributed by atoms with E-state index in [1.165, 1.54) is 11.0 Å². The van der Waals surface area contributed by atoms with Crippen LogP contribution in [0.3, 0.4) is 0 Å². The van der Waals surface area contributed by atoms with Crippen LogP contribution in [0.15, 0.2) is 36.4 Å². The smallest absolute Gasteiger partial charge is 0.418 e. The van der Waals surface area contributed by atoms with Crippen molar-refractivity contribution >= 4 is 47.0 Å². The molecular formula is C41H53ClF3N7O7. The van der Waals surface area contributed by atoms with Crippen molar-refractivity contribution in [2.45, 2.75) is 81.8 Å². The topological polar surface area (TPSA) is 150 Å². The van der Waals surface area contributed by atoms with Gasteiger partial charge in [-0.05, 0) is 80.8 Å². The van der Waals surface area contributed by atoms with Gasteiger partial charge in [0.05, 0.1) is 29.5 Å². The largest absolute Gasteiger partial charge is 0.463 e. The minimum Gasteiger partial charge on any atom is -0.463 e. The Morgan fingerprint density at radius 2 is 1.61 bits per heavy atom. The van der Waals surface area contributed by atoms with Gasteiger partial charge in [0.2, 0.25) is 0 Å². The van der Waals surface area contributed by atoms with Gasteiger partial charge < -0.3 is 40.0 Å². The maximum absolute atomic E-state index is 14.2. The monoisotopic (exact) mass is 847 g/mol. The minimum atomic E-state index is -4.80. The van der Waals surface area contributed by atoms with Crippen LogP contribution < -0.4 is 11.1 Å². The summed E-state index contributed by atoms with van der Waals surface area (Å²) in [7, 11) is 0. The molecule has 0 spiro atoms. The third-order valence-corrected chi connectivity index (χ3v) is 12.6. The number of carbonyl (C=O) groups is 4. The van der Waals surface area contributed by atoms with Crippen LogP contribution in [0.2, 0.25) is 5.02 Å². The normalized spacial score (nSPS) is 22.1. The summed E-state index contributed by atoms with van der Waals surface area (Å²) in [6.07, 6.45) is -3.09. The Morgan fingerprint density at radius 1 is 0.915 bits per heavy atom. The predicted octanol–water partition coefficient (Wildman–Crippen LogP) is 4.87. The van der Waals surface area contributed by atoms with Gasteiger partial charge in [0, 0.05) is 76.5 Å². The molecule has 2 aromatic carbocycles. The van der Waals surface area contributed by atoms with E-state index in [0.29, 0.717) is 84.5 Å². The molecule has 0 saturated carbocycles. The van der Waals surface area contributed by atoms with E-state index in [9.17, 15) is 32.3 Å². The number of rotatable bonds is 10. The lowest BCUT2D eigenvalue weighted by atomic mass is 9.99. The quantitative estimate of drug-likeness (QED) is 0.251. The summed E-state index contributed by atoms with van der Waals surface area (Å²) in [6.45, 7) is 6.27. The predicted molar refractivity (Wildman–Crippen MR) is 213 cm³/mol. The van der Waals surface area contributed by atoms with Crippen molar-refractivity contribution in [1.29, 1.82) is 0 Å². The summed E-state index contributed by atoms with van der Waals surface area (Å²) in [6, 6.07) is 9.07. The highest BCUT2D eigenvalue weighted by Gasteiger charge is 2.41. The Balaban J connectivity index is 0.979. The van der Waals surface area contributed by atoms with Crippen LogP contribution in [0.4, 0.5) is 34.1 Å². The number of carbonyl (C=O) groups excluding carboxylic acids is 4. The lowest BCUT2D eigenvalue weighted by molar-refractivity contribution is -0.151. The van der Waals surface area contributed by atoms with Gasteiger partial charge in [-0.1, -0.05) is 29.8 Å². The third kappa shape index (κ3) is 10.4. The van der Waals surface area contributed by atoms with Gasteiger partial charge in [-0.2, -0.15) is 13.2 Å². The van der Waals surface area contributed by atoms with Gasteiger partial charge in [-0.15, -0.1) is 0 Å². The van der Waals surface area contributed by atoms with Crippen molar-refractivity contribution < 1.29 is 46.6 Å². The number of hydrogen-bond acceptors (Lipinski definition) is 10. The molecule has 0 bridgehead atoms. The average Bonchev–Trinajstić information content (AvgIpc) is 3.66. The van der Waals surface area contributed by atoms with Crippen molar-refractivity contribution in [3.63, 3.8) is 0 Å². The van der Waals surface area contributed by atoms with Crippen LogP contribution in [0.1, 0.15) is 55.2 Å². The number of morpholine rings is 1. The second-order valence-electron chi connectivity index (χ2n) is 15.9. The number of ether oxygens (including phenoxy) is 3. The first-order valence-electron chi connectivity index (χ1n) is 20.6. The van der Waals surface area contributed by atoms with E-state index in [4.69, 9.17) is 31.5 Å². The molecule has 7 rings (SSSR count). The van der Waals surface area contributed by atoms with Crippen LogP contribution in [0.25, 0.3) is 0 Å². The number of likely N-dealkylation sites (tertiary alicyclic amines) is 3. The number of hydrogen-bond donors (Lipinski definition) is 2. The molecule has 59 heavy (non-hydrogen) atoms. The zero-order valence-electron chi connectivity index (χ0n) is 33.1. The molecule has 4 saturated heterocycles. The first-order chi connectivity index (χ1) is 28.4. The first-order valence-corrected chi connectivity index (χ1v) is 21.0. The molecule has 2 aromatic rings. The molecule has 4 amide bonds. The standard InChI is InChI=1S/C41H53ClF3N7O7/c42-32-25-27(24-31(36(32)46)41(43,44)45)26-35(59-40(56)50-15-10-30(11-16-50)52-17-7-28-4-1-2-5-33(28)47-39(52)55)37(53)49-13-8-29(9-14-49)51-12-3-6-34(51)38(54)58-23-20-48-18-21-57-22-19-48/h1-2,4-5,24-25,29-30,34-35H,3,6-23,26,46H2,(H,47,55). The van der Waals surface area contributed by atoms with Crippen molar-refractivity contribution in [2.24, 2.45) is 0 Å². The van der Waals surface area contributed by atoms with Crippen LogP contribution >= 0.6 is 11.6 Å². The Kier molecular flexibility index (Phi) is 13.7. The molecule has 14 nitrogen and oxygen atoms in total. The Hall–Kier alpha value is -4.32. The number of nitrogens with two attached hydrogens (primary N) is 1. The zero-order valence-corrected chi connectivity index (χ0v) is 33.9. The van der Waals surface area contributed by atoms with Gasteiger partial charge in [0.1, 0.15) is 12.6 Å². The summed E-state index contributed by atoms with van der Waals surface area (Å²) in [5.41, 5.74) is 5.79. The van der Waals surface area contributed by atoms with Crippen LogP contribution in [0, 0.1) is 0 Å². The van der Waals surface area contributed by atoms with Crippen LogP contribution in [-0.2, 0) is 42.8 Å². The van der Waals surface area contributed by atoms with Crippen LogP contribution in [0.5, 0.6) is 0 Å². The number of piperidine rings is 2. The molecule has 0 radical (unpaired) electrons. The molecular weight excluding hydrogens is 795 g/mol. The molecule has 3 N–H and O–H groups in total. The van der Waals surface area contributed by atoms with Gasteiger partial charge in [0.25, 0.3) is 5.91 Å². The number of benzene rings is 2. The summed E-state index contributed by atoms with van der Waals surface area (Å²) in [4.78, 5) is 63.5. The fourth-order valence-corrected chi connectivity index (χ4v) is 9.25. The number of urea groups is 1. The number of fused-ring (bicyclic) bond motifs is 1. The molecule has 2 atom stereocenters. The highest BCUT2D eigenvalue weighted by Crippen LogP contribution is 2.38. The zero-order chi connectivity index (χ0) is 41.7. The maximum Gasteiger partial charge on any atom is 0.418 e. The van der Waals surface area contributed by atoms with E-state index in [-0.39, 0.29) is 60.2 Å². The van der Waals surface area contributed by atoms with E-state index in [1.54, 1.807) is 9.80 Å². The molecule has 322 valence electrons. The van der Waals surface area contributed by atoms with E-state index < -0.39 is 35.5 Å². The van der Waals surface area contributed by atoms with Gasteiger partial charge in [-0.3, -0.25) is 19.4 Å². The van der Waals surface area contributed by atoms with Crippen molar-refractivity contribution in [3.8, 4) is 0 Å². The maximum atomic E-state index is 14.2. The van der Waals surface area contributed by atoms with Crippen molar-refractivity contribution in [3.05, 3.63) is 58.1 Å². The Morgan fingerprint density at radius 3 is 2.34 bits per heavy atom. The number of esters is 1. The molecule has 2 unspecified atom stereocenters. The fraction of sp³-hybridized carbons (Fsp3) is 0.610. The first kappa shape index (κ1) is 42.8. The number of nitrogen functional groups attached to an aromatic ring is 1. The number of halogens is 4. The summed E-state index contributed by atoms with van der Waals surface area (Å²) in [5, 5.41) is 2.66. The number of nitrogens with one attached hydrogen (secondary N) is 1. The minimum absolute atomic E-state index is 0.0198. The Labute approximate surface area is 347 Å². The highest BCUT2D eigenvalue weighted by atomic mass is 35.5. The number of para-hydroxylation sites is 1. The number of nitrogens with zero attached hydrogens (tertiary/aromatic N) is 5. The number of alkyl halides is 3. The second-order valence-corrected chi connectivity index (χ2v) is 16.3. The van der Waals surface area contributed by atoms with E-state index in [1.807, 2.05) is 24.3 Å². The fourth-order valence-electron chi connectivity index (χ4n) is 9.01. The lowest BCUT2D eigenvalue weighted by Gasteiger charge is -2.40. The number of amides is 4. The highest BCUT2D eigenvalue weighted by molar-refractivity contribution is 6.33. The van der Waals surface area contributed by atoms with Crippen molar-refractivity contribution in [1.82, 2.24) is 24.5 Å². The SMILES string of the molecule is Nc1c(Cl)cc(CC(OC(=O)N2CCC(N3CCc4ccccc4NC3=O)CC2)C(=O)N2CCC(N3CCCC3C(=O)OCCN3CCOCC3)CC2)cc1C(F)(F)F. The molecule has 5 heterocycles. The number of anilines is 2. The van der Waals surface area contributed by atoms with Crippen molar-refractivity contribution in [2.75, 3.05) is 89.8 Å². The summed E-state index contributed by atoms with van der Waals surface area (Å²) in [5.74, 6) is -0.777. The van der Waals surface area contributed by atoms with E-state index in [0.717, 1.165) is 43.4 Å².